The number of fused-ring (bicyclic) bond motifs is 1. The second kappa shape index (κ2) is 8.13. The molecule has 0 aromatic heterocycles. The molecule has 3 aromatic carbocycles. The van der Waals surface area contributed by atoms with Crippen LogP contribution in [0.4, 0.5) is 17.1 Å². The standard InChI is InChI=1S/C23H25N3O2/c1-23(2,3)22(28)26-18-11-7-10-17(14-18)25-21(27)15-24-20-13-6-9-16-8-4-5-12-19(16)20/h4-14,24H,15H2,1-3H3,(H,25,27)(H,26,28). The van der Waals surface area contributed by atoms with Crippen molar-refractivity contribution in [2.45, 2.75) is 20.8 Å². The topological polar surface area (TPSA) is 70.2 Å². The van der Waals surface area contributed by atoms with Crippen LogP contribution in [0.5, 0.6) is 0 Å². The summed E-state index contributed by atoms with van der Waals surface area (Å²) in [5.74, 6) is -0.235. The van der Waals surface area contributed by atoms with Crippen LogP contribution in [0.25, 0.3) is 10.8 Å². The van der Waals surface area contributed by atoms with Crippen molar-refractivity contribution in [2.24, 2.45) is 5.41 Å². The molecule has 28 heavy (non-hydrogen) atoms. The molecule has 0 aliphatic heterocycles. The molecular formula is C23H25N3O2. The van der Waals surface area contributed by atoms with Gasteiger partial charge in [0.05, 0.1) is 6.54 Å². The van der Waals surface area contributed by atoms with Gasteiger partial charge in [-0.15, -0.1) is 0 Å². The van der Waals surface area contributed by atoms with E-state index in [1.165, 1.54) is 0 Å². The molecular weight excluding hydrogens is 350 g/mol. The maximum absolute atomic E-state index is 12.4. The smallest absolute Gasteiger partial charge is 0.243 e. The Morgan fingerprint density at radius 2 is 1.46 bits per heavy atom. The van der Waals surface area contributed by atoms with Crippen LogP contribution < -0.4 is 16.0 Å². The van der Waals surface area contributed by atoms with Gasteiger partial charge in [0.15, 0.2) is 0 Å². The highest BCUT2D eigenvalue weighted by Gasteiger charge is 2.21. The van der Waals surface area contributed by atoms with E-state index in [1.54, 1.807) is 24.3 Å². The molecule has 0 aliphatic carbocycles. The highest BCUT2D eigenvalue weighted by atomic mass is 16.2. The summed E-state index contributed by atoms with van der Waals surface area (Å²) in [5.41, 5.74) is 1.72. The predicted octanol–water partition coefficient (Wildman–Crippen LogP) is 4.88. The fourth-order valence-corrected chi connectivity index (χ4v) is 2.75. The summed E-state index contributed by atoms with van der Waals surface area (Å²) in [7, 11) is 0. The Labute approximate surface area is 165 Å². The second-order valence-electron chi connectivity index (χ2n) is 7.71. The summed E-state index contributed by atoms with van der Waals surface area (Å²) >= 11 is 0. The average molecular weight is 375 g/mol. The van der Waals surface area contributed by atoms with Crippen molar-refractivity contribution in [1.82, 2.24) is 0 Å². The summed E-state index contributed by atoms with van der Waals surface area (Å²) in [4.78, 5) is 24.5. The summed E-state index contributed by atoms with van der Waals surface area (Å²) in [6.45, 7) is 5.71. The first-order valence-electron chi connectivity index (χ1n) is 9.26. The van der Waals surface area contributed by atoms with Gasteiger partial charge in [0, 0.05) is 27.9 Å². The van der Waals surface area contributed by atoms with Crippen LogP contribution in [0.15, 0.2) is 66.7 Å². The number of anilines is 3. The molecule has 0 atom stereocenters. The number of hydrogen-bond acceptors (Lipinski definition) is 3. The van der Waals surface area contributed by atoms with Gasteiger partial charge in [0.1, 0.15) is 0 Å². The van der Waals surface area contributed by atoms with Gasteiger partial charge in [0.2, 0.25) is 11.8 Å². The zero-order chi connectivity index (χ0) is 20.1. The first kappa shape index (κ1) is 19.4. The molecule has 0 radical (unpaired) electrons. The van der Waals surface area contributed by atoms with Crippen molar-refractivity contribution in [3.63, 3.8) is 0 Å². The Morgan fingerprint density at radius 1 is 0.821 bits per heavy atom. The van der Waals surface area contributed by atoms with Crippen molar-refractivity contribution >= 4 is 39.6 Å². The minimum absolute atomic E-state index is 0.0754. The van der Waals surface area contributed by atoms with Crippen LogP contribution in [0.1, 0.15) is 20.8 Å². The number of amides is 2. The Bertz CT molecular complexity index is 1000. The number of carbonyl (C=O) groups is 2. The molecule has 3 N–H and O–H groups in total. The van der Waals surface area contributed by atoms with Crippen LogP contribution >= 0.6 is 0 Å². The Balaban J connectivity index is 1.62. The van der Waals surface area contributed by atoms with Crippen molar-refractivity contribution in [3.05, 3.63) is 66.7 Å². The Hall–Kier alpha value is -3.34. The van der Waals surface area contributed by atoms with Crippen LogP contribution in [-0.2, 0) is 9.59 Å². The second-order valence-corrected chi connectivity index (χ2v) is 7.71. The number of rotatable bonds is 5. The minimum atomic E-state index is -0.484. The van der Waals surface area contributed by atoms with Crippen LogP contribution in [0.2, 0.25) is 0 Å². The molecule has 0 aliphatic rings. The molecule has 3 aromatic rings. The van der Waals surface area contributed by atoms with E-state index in [2.05, 4.69) is 16.0 Å². The third kappa shape index (κ3) is 4.88. The van der Waals surface area contributed by atoms with E-state index in [0.717, 1.165) is 16.5 Å². The Kier molecular flexibility index (Phi) is 5.64. The van der Waals surface area contributed by atoms with E-state index in [9.17, 15) is 9.59 Å². The highest BCUT2D eigenvalue weighted by Crippen LogP contribution is 2.23. The van der Waals surface area contributed by atoms with Gasteiger partial charge in [-0.05, 0) is 29.7 Å². The van der Waals surface area contributed by atoms with E-state index in [4.69, 9.17) is 0 Å². The molecule has 0 fully saturated rings. The molecule has 0 saturated heterocycles. The van der Waals surface area contributed by atoms with Gasteiger partial charge >= 0.3 is 0 Å². The monoisotopic (exact) mass is 375 g/mol. The van der Waals surface area contributed by atoms with Crippen LogP contribution in [-0.4, -0.2) is 18.4 Å². The van der Waals surface area contributed by atoms with Crippen LogP contribution in [0, 0.1) is 5.41 Å². The lowest BCUT2D eigenvalue weighted by Crippen LogP contribution is -2.27. The molecule has 3 rings (SSSR count). The van der Waals surface area contributed by atoms with E-state index in [0.29, 0.717) is 11.4 Å². The van der Waals surface area contributed by atoms with Gasteiger partial charge in [-0.3, -0.25) is 9.59 Å². The maximum Gasteiger partial charge on any atom is 0.243 e. The maximum atomic E-state index is 12.4. The van der Waals surface area contributed by atoms with Gasteiger partial charge in [-0.25, -0.2) is 0 Å². The van der Waals surface area contributed by atoms with Gasteiger partial charge in [0.25, 0.3) is 0 Å². The van der Waals surface area contributed by atoms with Crippen molar-refractivity contribution in [3.8, 4) is 0 Å². The van der Waals surface area contributed by atoms with Gasteiger partial charge in [-0.1, -0.05) is 63.2 Å². The first-order valence-corrected chi connectivity index (χ1v) is 9.26. The summed E-state index contributed by atoms with van der Waals surface area (Å²) in [6, 6.07) is 21.1. The fraction of sp³-hybridized carbons (Fsp3) is 0.217. The lowest BCUT2D eigenvalue weighted by atomic mass is 9.95. The molecule has 0 unspecified atom stereocenters. The molecule has 2 amide bonds. The largest absolute Gasteiger partial charge is 0.376 e. The van der Waals surface area contributed by atoms with E-state index >= 15 is 0 Å². The number of benzene rings is 3. The highest BCUT2D eigenvalue weighted by molar-refractivity contribution is 5.99. The SMILES string of the molecule is CC(C)(C)C(=O)Nc1cccc(NC(=O)CNc2cccc3ccccc23)c1. The molecule has 0 bridgehead atoms. The van der Waals surface area contributed by atoms with E-state index in [-0.39, 0.29) is 18.4 Å². The molecule has 144 valence electrons. The van der Waals surface area contributed by atoms with Crippen molar-refractivity contribution in [2.75, 3.05) is 22.5 Å². The van der Waals surface area contributed by atoms with Crippen LogP contribution in [0.3, 0.4) is 0 Å². The normalized spacial score (nSPS) is 11.1. The zero-order valence-electron chi connectivity index (χ0n) is 16.4. The number of carbonyl (C=O) groups excluding carboxylic acids is 2. The summed E-state index contributed by atoms with van der Waals surface area (Å²) in [6.07, 6.45) is 0. The first-order chi connectivity index (χ1) is 13.3. The quantitative estimate of drug-likeness (QED) is 0.595. The average Bonchev–Trinajstić information content (AvgIpc) is 2.66. The molecule has 5 nitrogen and oxygen atoms in total. The number of hydrogen-bond donors (Lipinski definition) is 3. The van der Waals surface area contributed by atoms with E-state index < -0.39 is 5.41 Å². The molecule has 5 heteroatoms. The Morgan fingerprint density at radius 3 is 2.21 bits per heavy atom. The predicted molar refractivity (Wildman–Crippen MR) is 116 cm³/mol. The van der Waals surface area contributed by atoms with Crippen molar-refractivity contribution < 1.29 is 9.59 Å². The lowest BCUT2D eigenvalue weighted by Gasteiger charge is -2.18. The fourth-order valence-electron chi connectivity index (χ4n) is 2.75. The number of nitrogens with one attached hydrogen (secondary N) is 3. The summed E-state index contributed by atoms with van der Waals surface area (Å²) < 4.78 is 0. The third-order valence-corrected chi connectivity index (χ3v) is 4.31. The molecule has 0 heterocycles. The minimum Gasteiger partial charge on any atom is -0.376 e. The third-order valence-electron chi connectivity index (χ3n) is 4.31. The zero-order valence-corrected chi connectivity index (χ0v) is 16.4. The van der Waals surface area contributed by atoms with Crippen molar-refractivity contribution in [1.29, 1.82) is 0 Å². The molecule has 0 spiro atoms. The lowest BCUT2D eigenvalue weighted by molar-refractivity contribution is -0.123. The van der Waals surface area contributed by atoms with Gasteiger partial charge in [-0.2, -0.15) is 0 Å². The van der Waals surface area contributed by atoms with Gasteiger partial charge < -0.3 is 16.0 Å². The summed E-state index contributed by atoms with van der Waals surface area (Å²) in [5, 5.41) is 11.1. The molecule has 0 saturated carbocycles. The van der Waals surface area contributed by atoms with E-state index in [1.807, 2.05) is 63.2 Å².